The molecule has 1 fully saturated rings. The van der Waals surface area contributed by atoms with Gasteiger partial charge in [0.2, 0.25) is 0 Å². The molecule has 3 atom stereocenters. The molecule has 0 aromatic rings. The fourth-order valence-corrected chi connectivity index (χ4v) is 2.42. The molecule has 4 N–H and O–H groups in total. The molecule has 20 heavy (non-hydrogen) atoms. The first kappa shape index (κ1) is 16.6. The maximum Gasteiger partial charge on any atom is 0.407 e. The van der Waals surface area contributed by atoms with Crippen LogP contribution in [0.4, 0.5) is 9.59 Å². The Kier molecular flexibility index (Phi) is 5.62. The molecule has 1 saturated carbocycles. The SMILES string of the molecule is CC(C)(C)OC(=O)N[C@@H]1CC[C@H](NC(=O)O)[C@H](CO)C1. The standard InChI is InChI=1S/C13H24N2O5/c1-13(2,3)20-12(19)14-9-4-5-10(15-11(17)18)8(6-9)7-16/h8-10,15-16H,4-7H2,1-3H3,(H,14,19)(H,17,18)/t8-,9+,10-/m0/s1. The monoisotopic (exact) mass is 288 g/mol. The first-order chi connectivity index (χ1) is 9.21. The summed E-state index contributed by atoms with van der Waals surface area (Å²) in [7, 11) is 0. The summed E-state index contributed by atoms with van der Waals surface area (Å²) < 4.78 is 5.18. The molecule has 0 spiro atoms. The molecular formula is C13H24N2O5. The quantitative estimate of drug-likeness (QED) is 0.626. The lowest BCUT2D eigenvalue weighted by atomic mass is 9.82. The van der Waals surface area contributed by atoms with Gasteiger partial charge in [0.05, 0.1) is 0 Å². The zero-order valence-electron chi connectivity index (χ0n) is 12.2. The molecule has 1 rings (SSSR count). The largest absolute Gasteiger partial charge is 0.465 e. The third-order valence-corrected chi connectivity index (χ3v) is 3.25. The molecular weight excluding hydrogens is 264 g/mol. The molecule has 1 aliphatic carbocycles. The number of amides is 2. The van der Waals surface area contributed by atoms with E-state index in [-0.39, 0.29) is 24.6 Å². The van der Waals surface area contributed by atoms with Gasteiger partial charge >= 0.3 is 12.2 Å². The van der Waals surface area contributed by atoms with Crippen LogP contribution in [0.1, 0.15) is 40.0 Å². The van der Waals surface area contributed by atoms with Crippen molar-refractivity contribution in [3.63, 3.8) is 0 Å². The summed E-state index contributed by atoms with van der Waals surface area (Å²) in [6.07, 6.45) is 0.190. The lowest BCUT2D eigenvalue weighted by Gasteiger charge is -2.35. The number of hydrogen-bond acceptors (Lipinski definition) is 4. The van der Waals surface area contributed by atoms with E-state index < -0.39 is 17.8 Å². The number of carbonyl (C=O) groups is 2. The number of nitrogens with one attached hydrogen (secondary N) is 2. The highest BCUT2D eigenvalue weighted by molar-refractivity contribution is 5.68. The van der Waals surface area contributed by atoms with Crippen molar-refractivity contribution < 1.29 is 24.5 Å². The Hall–Kier alpha value is -1.50. The van der Waals surface area contributed by atoms with Crippen molar-refractivity contribution in [2.24, 2.45) is 5.92 Å². The number of hydrogen-bond donors (Lipinski definition) is 4. The Morgan fingerprint density at radius 1 is 1.25 bits per heavy atom. The number of alkyl carbamates (subject to hydrolysis) is 1. The fourth-order valence-electron chi connectivity index (χ4n) is 2.42. The van der Waals surface area contributed by atoms with Gasteiger partial charge in [-0.2, -0.15) is 0 Å². The van der Waals surface area contributed by atoms with E-state index in [2.05, 4.69) is 10.6 Å². The average molecular weight is 288 g/mol. The predicted molar refractivity (Wildman–Crippen MR) is 72.5 cm³/mol. The number of aliphatic hydroxyl groups is 1. The van der Waals surface area contributed by atoms with Crippen molar-refractivity contribution in [3.05, 3.63) is 0 Å². The summed E-state index contributed by atoms with van der Waals surface area (Å²) in [6, 6.07) is -0.372. The van der Waals surface area contributed by atoms with Gasteiger partial charge in [-0.05, 0) is 40.0 Å². The van der Waals surface area contributed by atoms with Crippen molar-refractivity contribution in [1.82, 2.24) is 10.6 Å². The second-order valence-electron chi connectivity index (χ2n) is 6.15. The highest BCUT2D eigenvalue weighted by Crippen LogP contribution is 2.25. The van der Waals surface area contributed by atoms with Crippen LogP contribution < -0.4 is 10.6 Å². The molecule has 0 saturated heterocycles. The summed E-state index contributed by atoms with van der Waals surface area (Å²) in [5.41, 5.74) is -0.553. The van der Waals surface area contributed by atoms with Crippen LogP contribution in [-0.2, 0) is 4.74 Å². The van der Waals surface area contributed by atoms with E-state index in [0.717, 1.165) is 0 Å². The van der Waals surface area contributed by atoms with E-state index in [9.17, 15) is 14.7 Å². The summed E-state index contributed by atoms with van der Waals surface area (Å²) in [6.45, 7) is 5.25. The smallest absolute Gasteiger partial charge is 0.407 e. The first-order valence-corrected chi connectivity index (χ1v) is 6.81. The topological polar surface area (TPSA) is 108 Å². The molecule has 1 aliphatic rings. The van der Waals surface area contributed by atoms with Crippen LogP contribution in [0, 0.1) is 5.92 Å². The molecule has 0 aromatic carbocycles. The first-order valence-electron chi connectivity index (χ1n) is 6.81. The van der Waals surface area contributed by atoms with Crippen LogP contribution >= 0.6 is 0 Å². The number of carbonyl (C=O) groups excluding carboxylic acids is 1. The Bertz CT molecular complexity index is 353. The van der Waals surface area contributed by atoms with Crippen molar-refractivity contribution in [1.29, 1.82) is 0 Å². The van der Waals surface area contributed by atoms with Gasteiger partial charge < -0.3 is 25.6 Å². The summed E-state index contributed by atoms with van der Waals surface area (Å²) in [4.78, 5) is 22.3. The van der Waals surface area contributed by atoms with E-state index in [4.69, 9.17) is 9.84 Å². The number of ether oxygens (including phenoxy) is 1. The zero-order valence-corrected chi connectivity index (χ0v) is 12.2. The maximum absolute atomic E-state index is 11.7. The molecule has 0 aromatic heterocycles. The molecule has 0 aliphatic heterocycles. The fraction of sp³-hybridized carbons (Fsp3) is 0.846. The van der Waals surface area contributed by atoms with E-state index in [1.54, 1.807) is 20.8 Å². The minimum Gasteiger partial charge on any atom is -0.465 e. The molecule has 2 amide bonds. The van der Waals surface area contributed by atoms with Crippen molar-refractivity contribution in [2.75, 3.05) is 6.61 Å². The Balaban J connectivity index is 2.48. The van der Waals surface area contributed by atoms with Gasteiger partial charge in [0.15, 0.2) is 0 Å². The molecule has 7 nitrogen and oxygen atoms in total. The van der Waals surface area contributed by atoms with Gasteiger partial charge in [-0.3, -0.25) is 0 Å². The predicted octanol–water partition coefficient (Wildman–Crippen LogP) is 1.31. The van der Waals surface area contributed by atoms with Crippen LogP contribution in [0.2, 0.25) is 0 Å². The van der Waals surface area contributed by atoms with Gasteiger partial charge in [0, 0.05) is 24.6 Å². The van der Waals surface area contributed by atoms with E-state index in [1.165, 1.54) is 0 Å². The lowest BCUT2D eigenvalue weighted by Crippen LogP contribution is -2.50. The Morgan fingerprint density at radius 2 is 1.90 bits per heavy atom. The van der Waals surface area contributed by atoms with Crippen LogP contribution in [0.15, 0.2) is 0 Å². The third-order valence-electron chi connectivity index (χ3n) is 3.25. The number of aliphatic hydroxyl groups excluding tert-OH is 1. The number of carboxylic acid groups (broad SMARTS) is 1. The lowest BCUT2D eigenvalue weighted by molar-refractivity contribution is 0.0460. The van der Waals surface area contributed by atoms with Crippen molar-refractivity contribution in [3.8, 4) is 0 Å². The van der Waals surface area contributed by atoms with Crippen LogP contribution in [0.25, 0.3) is 0 Å². The highest BCUT2D eigenvalue weighted by atomic mass is 16.6. The van der Waals surface area contributed by atoms with Crippen LogP contribution in [0.5, 0.6) is 0 Å². The van der Waals surface area contributed by atoms with Gasteiger partial charge in [0.25, 0.3) is 0 Å². The third kappa shape index (κ3) is 5.64. The Labute approximate surface area is 118 Å². The van der Waals surface area contributed by atoms with E-state index >= 15 is 0 Å². The van der Waals surface area contributed by atoms with Gasteiger partial charge in [-0.15, -0.1) is 0 Å². The van der Waals surface area contributed by atoms with E-state index in [1.807, 2.05) is 0 Å². The zero-order chi connectivity index (χ0) is 15.3. The van der Waals surface area contributed by atoms with Gasteiger partial charge in [-0.25, -0.2) is 9.59 Å². The second kappa shape index (κ2) is 6.78. The molecule has 7 heteroatoms. The average Bonchev–Trinajstić information content (AvgIpc) is 2.27. The summed E-state index contributed by atoms with van der Waals surface area (Å²) in [5, 5.41) is 23.2. The maximum atomic E-state index is 11.7. The summed E-state index contributed by atoms with van der Waals surface area (Å²) in [5.74, 6) is -0.195. The van der Waals surface area contributed by atoms with Crippen LogP contribution in [-0.4, -0.2) is 46.7 Å². The Morgan fingerprint density at radius 3 is 2.40 bits per heavy atom. The van der Waals surface area contributed by atoms with Crippen molar-refractivity contribution >= 4 is 12.2 Å². The highest BCUT2D eigenvalue weighted by Gasteiger charge is 2.32. The van der Waals surface area contributed by atoms with Gasteiger partial charge in [-0.1, -0.05) is 0 Å². The molecule has 0 radical (unpaired) electrons. The normalized spacial score (nSPS) is 26.7. The second-order valence-corrected chi connectivity index (χ2v) is 6.15. The minimum absolute atomic E-state index is 0.103. The molecule has 116 valence electrons. The van der Waals surface area contributed by atoms with Crippen molar-refractivity contribution in [2.45, 2.75) is 57.7 Å². The molecule has 0 heterocycles. The van der Waals surface area contributed by atoms with Crippen LogP contribution in [0.3, 0.4) is 0 Å². The number of rotatable bonds is 3. The van der Waals surface area contributed by atoms with E-state index in [0.29, 0.717) is 19.3 Å². The molecule has 0 unspecified atom stereocenters. The van der Waals surface area contributed by atoms with Gasteiger partial charge in [0.1, 0.15) is 5.60 Å². The molecule has 0 bridgehead atoms. The minimum atomic E-state index is -1.09. The summed E-state index contributed by atoms with van der Waals surface area (Å²) >= 11 is 0.